The molecule has 0 spiro atoms. The van der Waals surface area contributed by atoms with Gasteiger partial charge in [-0.2, -0.15) is 5.26 Å². The number of aryl methyl sites for hydroxylation is 1. The van der Waals surface area contributed by atoms with Crippen molar-refractivity contribution in [2.75, 3.05) is 18.8 Å². The summed E-state index contributed by atoms with van der Waals surface area (Å²) in [6, 6.07) is 1.86. The van der Waals surface area contributed by atoms with Crippen molar-refractivity contribution in [1.82, 2.24) is 15.3 Å². The Morgan fingerprint density at radius 2 is 2.35 bits per heavy atom. The van der Waals surface area contributed by atoms with Crippen LogP contribution in [-0.4, -0.2) is 34.7 Å². The van der Waals surface area contributed by atoms with Crippen LogP contribution in [0.5, 0.6) is 0 Å². The first kappa shape index (κ1) is 16.2. The molecule has 0 aliphatic heterocycles. The van der Waals surface area contributed by atoms with Crippen LogP contribution in [0.4, 0.5) is 0 Å². The van der Waals surface area contributed by atoms with E-state index in [-0.39, 0.29) is 17.2 Å². The quantitative estimate of drug-likeness (QED) is 0.471. The molecule has 1 rings (SSSR count). The number of nitrogens with zero attached hydrogens (tertiary/aromatic N) is 2. The highest BCUT2D eigenvalue weighted by Crippen LogP contribution is 2.13. The Labute approximate surface area is 121 Å². The Balaban J connectivity index is 2.79. The van der Waals surface area contributed by atoms with Gasteiger partial charge >= 0.3 is 0 Å². The molecule has 0 fully saturated rings. The number of thioether (sulfide) groups is 1. The second-order valence-corrected chi connectivity index (χ2v) is 4.95. The zero-order chi connectivity index (χ0) is 15.0. The van der Waals surface area contributed by atoms with Crippen molar-refractivity contribution < 1.29 is 4.79 Å². The van der Waals surface area contributed by atoms with Gasteiger partial charge in [0.15, 0.2) is 5.16 Å². The number of hydrogen-bond acceptors (Lipinski definition) is 6. The van der Waals surface area contributed by atoms with Crippen LogP contribution in [0, 0.1) is 11.3 Å². The molecular weight excluding hydrogens is 278 g/mol. The fraction of sp³-hybridized carbons (Fsp3) is 0.500. The molecule has 0 aliphatic rings. The fourth-order valence-corrected chi connectivity index (χ4v) is 2.20. The van der Waals surface area contributed by atoms with E-state index in [2.05, 4.69) is 15.3 Å². The Morgan fingerprint density at radius 3 is 2.95 bits per heavy atom. The molecule has 7 nitrogen and oxygen atoms in total. The van der Waals surface area contributed by atoms with Gasteiger partial charge in [0.1, 0.15) is 11.6 Å². The van der Waals surface area contributed by atoms with Crippen molar-refractivity contribution >= 4 is 17.7 Å². The van der Waals surface area contributed by atoms with E-state index in [9.17, 15) is 9.59 Å². The van der Waals surface area contributed by atoms with Gasteiger partial charge in [-0.1, -0.05) is 25.1 Å². The molecule has 20 heavy (non-hydrogen) atoms. The molecule has 1 heterocycles. The lowest BCUT2D eigenvalue weighted by atomic mass is 10.1. The van der Waals surface area contributed by atoms with Crippen LogP contribution < -0.4 is 16.6 Å². The van der Waals surface area contributed by atoms with Crippen LogP contribution in [0.3, 0.4) is 0 Å². The largest absolute Gasteiger partial charge is 0.354 e. The molecule has 108 valence electrons. The number of nitriles is 1. The van der Waals surface area contributed by atoms with Crippen LogP contribution in [0.15, 0.2) is 9.95 Å². The second kappa shape index (κ2) is 8.35. The zero-order valence-corrected chi connectivity index (χ0v) is 12.0. The van der Waals surface area contributed by atoms with Gasteiger partial charge in [-0.25, -0.2) is 4.98 Å². The maximum atomic E-state index is 11.7. The summed E-state index contributed by atoms with van der Waals surface area (Å²) < 4.78 is 0. The summed E-state index contributed by atoms with van der Waals surface area (Å²) in [7, 11) is 0. The summed E-state index contributed by atoms with van der Waals surface area (Å²) in [4.78, 5) is 29.9. The van der Waals surface area contributed by atoms with Crippen molar-refractivity contribution in [2.24, 2.45) is 5.73 Å². The van der Waals surface area contributed by atoms with Crippen molar-refractivity contribution in [3.8, 4) is 6.07 Å². The third-order valence-corrected chi connectivity index (χ3v) is 3.25. The molecule has 8 heteroatoms. The molecule has 0 bridgehead atoms. The minimum atomic E-state index is -0.462. The summed E-state index contributed by atoms with van der Waals surface area (Å²) in [6.45, 7) is 2.73. The molecule has 0 radical (unpaired) electrons. The number of carbonyl (C=O) groups excluding carboxylic acids is 1. The lowest BCUT2D eigenvalue weighted by Gasteiger charge is -2.05. The Hall–Kier alpha value is -1.85. The SMILES string of the molecule is CCCc1nc(SCC(=O)NCCN)[nH]c(=O)c1C#N. The van der Waals surface area contributed by atoms with E-state index >= 15 is 0 Å². The van der Waals surface area contributed by atoms with Crippen LogP contribution in [0.25, 0.3) is 0 Å². The predicted molar refractivity (Wildman–Crippen MR) is 76.4 cm³/mol. The number of aromatic amines is 1. The third-order valence-electron chi connectivity index (χ3n) is 2.38. The Bertz CT molecular complexity index is 564. The molecule has 0 unspecified atom stereocenters. The Morgan fingerprint density at radius 1 is 1.60 bits per heavy atom. The van der Waals surface area contributed by atoms with Crippen LogP contribution in [-0.2, 0) is 11.2 Å². The monoisotopic (exact) mass is 295 g/mol. The number of nitrogens with two attached hydrogens (primary N) is 1. The van der Waals surface area contributed by atoms with Gasteiger partial charge in [-0.3, -0.25) is 9.59 Å². The van der Waals surface area contributed by atoms with E-state index in [4.69, 9.17) is 11.0 Å². The van der Waals surface area contributed by atoms with Gasteiger partial charge < -0.3 is 16.0 Å². The second-order valence-electron chi connectivity index (χ2n) is 3.98. The van der Waals surface area contributed by atoms with Gasteiger partial charge in [0.2, 0.25) is 5.91 Å². The number of hydrogen-bond donors (Lipinski definition) is 3. The van der Waals surface area contributed by atoms with Crippen LogP contribution >= 0.6 is 11.8 Å². The predicted octanol–water partition coefficient (Wildman–Crippen LogP) is -0.239. The highest BCUT2D eigenvalue weighted by molar-refractivity contribution is 7.99. The van der Waals surface area contributed by atoms with Gasteiger partial charge in [-0.05, 0) is 6.42 Å². The first-order valence-corrected chi connectivity index (χ1v) is 7.23. The van der Waals surface area contributed by atoms with Crippen LogP contribution in [0.1, 0.15) is 24.6 Å². The number of H-pyrrole nitrogens is 1. The molecule has 0 aromatic carbocycles. The molecule has 1 aromatic rings. The highest BCUT2D eigenvalue weighted by atomic mass is 32.2. The van der Waals surface area contributed by atoms with Crippen molar-refractivity contribution in [3.05, 3.63) is 21.6 Å². The third kappa shape index (κ3) is 4.68. The molecule has 0 aliphatic carbocycles. The molecule has 1 amide bonds. The summed E-state index contributed by atoms with van der Waals surface area (Å²) in [5, 5.41) is 11.9. The summed E-state index contributed by atoms with van der Waals surface area (Å²) in [5.74, 6) is -0.0371. The number of carbonyl (C=O) groups is 1. The smallest absolute Gasteiger partial charge is 0.269 e. The van der Waals surface area contributed by atoms with Crippen molar-refractivity contribution in [1.29, 1.82) is 5.26 Å². The van der Waals surface area contributed by atoms with E-state index in [1.54, 1.807) is 0 Å². The maximum absolute atomic E-state index is 11.7. The normalized spacial score (nSPS) is 10.1. The number of amides is 1. The molecular formula is C12H17N5O2S. The lowest BCUT2D eigenvalue weighted by Crippen LogP contribution is -2.30. The highest BCUT2D eigenvalue weighted by Gasteiger charge is 2.11. The van der Waals surface area contributed by atoms with Crippen molar-refractivity contribution in [2.45, 2.75) is 24.9 Å². The van der Waals surface area contributed by atoms with Gasteiger partial charge in [0.05, 0.1) is 11.4 Å². The minimum absolute atomic E-state index is 0.0452. The first-order chi connectivity index (χ1) is 9.62. The standard InChI is InChI=1S/C12H17N5O2S/c1-2-3-9-8(6-14)11(19)17-12(16-9)20-7-10(18)15-5-4-13/h2-5,7,13H2,1H3,(H,15,18)(H,16,17,19). The zero-order valence-electron chi connectivity index (χ0n) is 11.2. The number of aromatic nitrogens is 2. The molecule has 0 saturated heterocycles. The lowest BCUT2D eigenvalue weighted by molar-refractivity contribution is -0.118. The minimum Gasteiger partial charge on any atom is -0.354 e. The van der Waals surface area contributed by atoms with Crippen LogP contribution in [0.2, 0.25) is 0 Å². The fourth-order valence-electron chi connectivity index (χ4n) is 1.49. The molecule has 1 aromatic heterocycles. The van der Waals surface area contributed by atoms with E-state index in [1.165, 1.54) is 0 Å². The number of nitrogens with one attached hydrogen (secondary N) is 2. The van der Waals surface area contributed by atoms with E-state index in [0.29, 0.717) is 30.4 Å². The summed E-state index contributed by atoms with van der Waals surface area (Å²) in [5.41, 5.74) is 5.34. The topological polar surface area (TPSA) is 125 Å². The van der Waals surface area contributed by atoms with Gasteiger partial charge in [0.25, 0.3) is 5.56 Å². The molecule has 4 N–H and O–H groups in total. The average molecular weight is 295 g/mol. The Kier molecular flexibility index (Phi) is 6.76. The maximum Gasteiger partial charge on any atom is 0.269 e. The molecule has 0 atom stereocenters. The first-order valence-electron chi connectivity index (χ1n) is 6.25. The molecule has 0 saturated carbocycles. The van der Waals surface area contributed by atoms with Gasteiger partial charge in [-0.15, -0.1) is 0 Å². The van der Waals surface area contributed by atoms with Crippen molar-refractivity contribution in [3.63, 3.8) is 0 Å². The number of rotatable bonds is 7. The summed E-state index contributed by atoms with van der Waals surface area (Å²) >= 11 is 1.12. The van der Waals surface area contributed by atoms with E-state index in [1.807, 2.05) is 13.0 Å². The van der Waals surface area contributed by atoms with E-state index in [0.717, 1.165) is 18.2 Å². The van der Waals surface area contributed by atoms with Gasteiger partial charge in [0, 0.05) is 13.1 Å². The average Bonchev–Trinajstić information content (AvgIpc) is 2.43. The van der Waals surface area contributed by atoms with E-state index < -0.39 is 5.56 Å². The summed E-state index contributed by atoms with van der Waals surface area (Å²) in [6.07, 6.45) is 1.34.